The van der Waals surface area contributed by atoms with Crippen molar-refractivity contribution in [2.75, 3.05) is 13.1 Å². The molecule has 5 heteroatoms. The summed E-state index contributed by atoms with van der Waals surface area (Å²) in [7, 11) is 0. The fourth-order valence-corrected chi connectivity index (χ4v) is 2.76. The highest BCUT2D eigenvalue weighted by Gasteiger charge is 2.37. The molecule has 1 aliphatic heterocycles. The molecule has 0 saturated carbocycles. The molecule has 0 atom stereocenters. The minimum absolute atomic E-state index is 0.163. The zero-order chi connectivity index (χ0) is 13.9. The van der Waals surface area contributed by atoms with Crippen LogP contribution < -0.4 is 10.6 Å². The van der Waals surface area contributed by atoms with Gasteiger partial charge in [-0.3, -0.25) is 4.79 Å². The smallest absolute Gasteiger partial charge is 0.226 e. The standard InChI is InChI=1S/C14H23N3O2/c1-4-14(5-7-15-8-6-14)13(18)16-9-12-10(2)17-19-11(12)3/h15H,4-9H2,1-3H3,(H,16,18). The first-order valence-electron chi connectivity index (χ1n) is 7.00. The first-order valence-corrected chi connectivity index (χ1v) is 7.00. The maximum absolute atomic E-state index is 12.5. The molecule has 1 saturated heterocycles. The molecular formula is C14H23N3O2. The second-order valence-corrected chi connectivity index (χ2v) is 5.37. The van der Waals surface area contributed by atoms with Gasteiger partial charge in [0.25, 0.3) is 0 Å². The predicted molar refractivity (Wildman–Crippen MR) is 72.7 cm³/mol. The summed E-state index contributed by atoms with van der Waals surface area (Å²) in [5.41, 5.74) is 1.65. The van der Waals surface area contributed by atoms with Crippen LogP contribution in [0.5, 0.6) is 0 Å². The molecule has 1 aliphatic rings. The van der Waals surface area contributed by atoms with Crippen molar-refractivity contribution in [2.45, 2.75) is 46.6 Å². The van der Waals surface area contributed by atoms with E-state index in [1.807, 2.05) is 13.8 Å². The van der Waals surface area contributed by atoms with Crippen molar-refractivity contribution in [1.29, 1.82) is 0 Å². The Balaban J connectivity index is 2.00. The average Bonchev–Trinajstić information content (AvgIpc) is 2.76. The van der Waals surface area contributed by atoms with Crippen LogP contribution in [0.3, 0.4) is 0 Å². The number of amides is 1. The molecule has 5 nitrogen and oxygen atoms in total. The fraction of sp³-hybridized carbons (Fsp3) is 0.714. The van der Waals surface area contributed by atoms with Gasteiger partial charge in [0.05, 0.1) is 11.1 Å². The largest absolute Gasteiger partial charge is 0.361 e. The molecular weight excluding hydrogens is 242 g/mol. The molecule has 1 amide bonds. The van der Waals surface area contributed by atoms with Crippen LogP contribution in [0.4, 0.5) is 0 Å². The van der Waals surface area contributed by atoms with E-state index >= 15 is 0 Å². The van der Waals surface area contributed by atoms with Gasteiger partial charge in [0.2, 0.25) is 5.91 Å². The summed E-state index contributed by atoms with van der Waals surface area (Å²) in [6.07, 6.45) is 2.72. The van der Waals surface area contributed by atoms with Crippen LogP contribution in [0.15, 0.2) is 4.52 Å². The van der Waals surface area contributed by atoms with Gasteiger partial charge in [-0.25, -0.2) is 0 Å². The highest BCUT2D eigenvalue weighted by atomic mass is 16.5. The maximum Gasteiger partial charge on any atom is 0.226 e. The predicted octanol–water partition coefficient (Wildman–Crippen LogP) is 1.69. The van der Waals surface area contributed by atoms with Gasteiger partial charge in [-0.15, -0.1) is 0 Å². The maximum atomic E-state index is 12.5. The van der Waals surface area contributed by atoms with E-state index in [4.69, 9.17) is 4.52 Å². The lowest BCUT2D eigenvalue weighted by Crippen LogP contribution is -2.47. The second-order valence-electron chi connectivity index (χ2n) is 5.37. The van der Waals surface area contributed by atoms with E-state index in [0.717, 1.165) is 49.4 Å². The van der Waals surface area contributed by atoms with Crippen molar-refractivity contribution in [3.8, 4) is 0 Å². The molecule has 1 aromatic heterocycles. The molecule has 1 fully saturated rings. The summed E-state index contributed by atoms with van der Waals surface area (Å²) in [5.74, 6) is 0.949. The molecule has 0 bridgehead atoms. The number of nitrogens with one attached hydrogen (secondary N) is 2. The first kappa shape index (κ1) is 14.1. The Hall–Kier alpha value is -1.36. The van der Waals surface area contributed by atoms with Crippen LogP contribution in [0, 0.1) is 19.3 Å². The fourth-order valence-electron chi connectivity index (χ4n) is 2.76. The Morgan fingerprint density at radius 1 is 1.42 bits per heavy atom. The molecule has 19 heavy (non-hydrogen) atoms. The van der Waals surface area contributed by atoms with E-state index in [1.165, 1.54) is 0 Å². The number of aromatic nitrogens is 1. The molecule has 2 N–H and O–H groups in total. The number of hydrogen-bond acceptors (Lipinski definition) is 4. The Morgan fingerprint density at radius 2 is 2.11 bits per heavy atom. The van der Waals surface area contributed by atoms with E-state index in [0.29, 0.717) is 6.54 Å². The highest BCUT2D eigenvalue weighted by Crippen LogP contribution is 2.32. The van der Waals surface area contributed by atoms with E-state index in [9.17, 15) is 4.79 Å². The number of carbonyl (C=O) groups excluding carboxylic acids is 1. The monoisotopic (exact) mass is 265 g/mol. The Labute approximate surface area is 114 Å². The lowest BCUT2D eigenvalue weighted by atomic mass is 9.76. The Bertz CT molecular complexity index is 428. The quantitative estimate of drug-likeness (QED) is 0.869. The second kappa shape index (κ2) is 5.74. The molecule has 0 aliphatic carbocycles. The molecule has 0 spiro atoms. The lowest BCUT2D eigenvalue weighted by molar-refractivity contribution is -0.133. The van der Waals surface area contributed by atoms with E-state index < -0.39 is 0 Å². The Morgan fingerprint density at radius 3 is 2.63 bits per heavy atom. The number of hydrogen-bond donors (Lipinski definition) is 2. The van der Waals surface area contributed by atoms with Crippen LogP contribution in [0.1, 0.15) is 43.2 Å². The Kier molecular flexibility index (Phi) is 4.24. The topological polar surface area (TPSA) is 67.2 Å². The van der Waals surface area contributed by atoms with Crippen molar-refractivity contribution >= 4 is 5.91 Å². The summed E-state index contributed by atoms with van der Waals surface area (Å²) in [6, 6.07) is 0. The molecule has 2 heterocycles. The highest BCUT2D eigenvalue weighted by molar-refractivity contribution is 5.82. The molecule has 0 aromatic carbocycles. The molecule has 106 valence electrons. The van der Waals surface area contributed by atoms with E-state index in [-0.39, 0.29) is 11.3 Å². The third kappa shape index (κ3) is 2.81. The van der Waals surface area contributed by atoms with Gasteiger partial charge in [0.1, 0.15) is 5.76 Å². The van der Waals surface area contributed by atoms with Crippen molar-refractivity contribution in [3.63, 3.8) is 0 Å². The molecule has 2 rings (SSSR count). The number of nitrogens with zero attached hydrogens (tertiary/aromatic N) is 1. The van der Waals surface area contributed by atoms with E-state index in [1.54, 1.807) is 0 Å². The van der Waals surface area contributed by atoms with Crippen LogP contribution in [-0.2, 0) is 11.3 Å². The summed E-state index contributed by atoms with van der Waals surface area (Å²) in [4.78, 5) is 12.5. The minimum atomic E-state index is -0.204. The summed E-state index contributed by atoms with van der Waals surface area (Å²) in [6.45, 7) is 8.23. The van der Waals surface area contributed by atoms with E-state index in [2.05, 4.69) is 22.7 Å². The third-order valence-corrected chi connectivity index (χ3v) is 4.33. The number of rotatable bonds is 4. The summed E-state index contributed by atoms with van der Waals surface area (Å²) in [5, 5.41) is 10.3. The van der Waals surface area contributed by atoms with Gasteiger partial charge in [-0.2, -0.15) is 0 Å². The molecule has 1 aromatic rings. The molecule has 0 unspecified atom stereocenters. The number of carbonyl (C=O) groups is 1. The van der Waals surface area contributed by atoms with Crippen LogP contribution in [-0.4, -0.2) is 24.2 Å². The van der Waals surface area contributed by atoms with Gasteiger partial charge in [0, 0.05) is 12.1 Å². The van der Waals surface area contributed by atoms with Gasteiger partial charge in [-0.1, -0.05) is 12.1 Å². The number of aryl methyl sites for hydroxylation is 2. The van der Waals surface area contributed by atoms with Crippen molar-refractivity contribution in [1.82, 2.24) is 15.8 Å². The van der Waals surface area contributed by atoms with Crippen molar-refractivity contribution in [2.24, 2.45) is 5.41 Å². The zero-order valence-electron chi connectivity index (χ0n) is 12.0. The minimum Gasteiger partial charge on any atom is -0.361 e. The molecule has 0 radical (unpaired) electrons. The number of piperidine rings is 1. The SMILES string of the molecule is CCC1(C(=O)NCc2c(C)noc2C)CCNCC1. The van der Waals surface area contributed by atoms with Crippen molar-refractivity contribution in [3.05, 3.63) is 17.0 Å². The normalized spacial score (nSPS) is 18.3. The zero-order valence-corrected chi connectivity index (χ0v) is 12.0. The van der Waals surface area contributed by atoms with Crippen LogP contribution in [0.2, 0.25) is 0 Å². The third-order valence-electron chi connectivity index (χ3n) is 4.33. The average molecular weight is 265 g/mol. The summed E-state index contributed by atoms with van der Waals surface area (Å²) >= 11 is 0. The first-order chi connectivity index (χ1) is 9.09. The van der Waals surface area contributed by atoms with Crippen LogP contribution in [0.25, 0.3) is 0 Å². The van der Waals surface area contributed by atoms with Gasteiger partial charge in [0.15, 0.2) is 0 Å². The lowest BCUT2D eigenvalue weighted by Gasteiger charge is -2.35. The van der Waals surface area contributed by atoms with Gasteiger partial charge < -0.3 is 15.2 Å². The summed E-state index contributed by atoms with van der Waals surface area (Å²) < 4.78 is 5.11. The van der Waals surface area contributed by atoms with Gasteiger partial charge in [-0.05, 0) is 46.2 Å². The van der Waals surface area contributed by atoms with Crippen LogP contribution >= 0.6 is 0 Å². The van der Waals surface area contributed by atoms with Gasteiger partial charge >= 0.3 is 0 Å². The van der Waals surface area contributed by atoms with Crippen molar-refractivity contribution < 1.29 is 9.32 Å².